The molecule has 1 atom stereocenters. The SMILES string of the molecule is NC(=S)c1ccc(NCC2CCC(=O)N2)cc1. The van der Waals surface area contributed by atoms with Gasteiger partial charge in [0.2, 0.25) is 5.91 Å². The molecule has 1 unspecified atom stereocenters. The fourth-order valence-corrected chi connectivity index (χ4v) is 1.96. The molecule has 5 heteroatoms. The molecule has 1 saturated heterocycles. The first-order chi connectivity index (χ1) is 8.15. The number of hydrogen-bond donors (Lipinski definition) is 3. The van der Waals surface area contributed by atoms with Crippen molar-refractivity contribution in [1.29, 1.82) is 0 Å². The largest absolute Gasteiger partial charge is 0.389 e. The van der Waals surface area contributed by atoms with Gasteiger partial charge in [0.05, 0.1) is 0 Å². The van der Waals surface area contributed by atoms with Gasteiger partial charge in [0.15, 0.2) is 0 Å². The van der Waals surface area contributed by atoms with Gasteiger partial charge in [-0.2, -0.15) is 0 Å². The number of benzene rings is 1. The second-order valence-electron chi connectivity index (χ2n) is 4.13. The van der Waals surface area contributed by atoms with Crippen LogP contribution in [0.25, 0.3) is 0 Å². The molecule has 0 bridgehead atoms. The van der Waals surface area contributed by atoms with Gasteiger partial charge < -0.3 is 16.4 Å². The van der Waals surface area contributed by atoms with Crippen LogP contribution in [-0.2, 0) is 4.79 Å². The second-order valence-corrected chi connectivity index (χ2v) is 4.57. The van der Waals surface area contributed by atoms with Crippen LogP contribution in [0.4, 0.5) is 5.69 Å². The molecular formula is C12H15N3OS. The van der Waals surface area contributed by atoms with E-state index in [2.05, 4.69) is 10.6 Å². The fourth-order valence-electron chi connectivity index (χ4n) is 1.82. The molecule has 0 radical (unpaired) electrons. The van der Waals surface area contributed by atoms with Crippen LogP contribution in [0.15, 0.2) is 24.3 Å². The molecule has 1 heterocycles. The van der Waals surface area contributed by atoms with Crippen molar-refractivity contribution >= 4 is 28.8 Å². The summed E-state index contributed by atoms with van der Waals surface area (Å²) in [6.45, 7) is 0.748. The lowest BCUT2D eigenvalue weighted by Crippen LogP contribution is -2.31. The Kier molecular flexibility index (Phi) is 3.58. The first-order valence-corrected chi connectivity index (χ1v) is 5.99. The number of hydrogen-bond acceptors (Lipinski definition) is 3. The summed E-state index contributed by atoms with van der Waals surface area (Å²) >= 11 is 4.88. The highest BCUT2D eigenvalue weighted by Crippen LogP contribution is 2.11. The third-order valence-corrected chi connectivity index (χ3v) is 3.04. The molecule has 1 amide bonds. The van der Waals surface area contributed by atoms with Gasteiger partial charge in [-0.15, -0.1) is 0 Å². The molecule has 0 aliphatic carbocycles. The predicted molar refractivity (Wildman–Crippen MR) is 72.0 cm³/mol. The Balaban J connectivity index is 1.87. The summed E-state index contributed by atoms with van der Waals surface area (Å²) < 4.78 is 0. The van der Waals surface area contributed by atoms with Crippen LogP contribution in [0.3, 0.4) is 0 Å². The zero-order valence-electron chi connectivity index (χ0n) is 9.40. The van der Waals surface area contributed by atoms with Gasteiger partial charge in [-0.3, -0.25) is 4.79 Å². The third kappa shape index (κ3) is 3.17. The Morgan fingerprint density at radius 2 is 2.18 bits per heavy atom. The number of carbonyl (C=O) groups excluding carboxylic acids is 1. The van der Waals surface area contributed by atoms with Crippen LogP contribution >= 0.6 is 12.2 Å². The van der Waals surface area contributed by atoms with Crippen LogP contribution in [0.5, 0.6) is 0 Å². The average Bonchev–Trinajstić information content (AvgIpc) is 2.73. The number of carbonyl (C=O) groups is 1. The van der Waals surface area contributed by atoms with E-state index in [1.54, 1.807) is 0 Å². The minimum absolute atomic E-state index is 0.139. The van der Waals surface area contributed by atoms with E-state index >= 15 is 0 Å². The predicted octanol–water partition coefficient (Wildman–Crippen LogP) is 1.01. The highest BCUT2D eigenvalue weighted by atomic mass is 32.1. The molecule has 17 heavy (non-hydrogen) atoms. The number of nitrogens with two attached hydrogens (primary N) is 1. The summed E-state index contributed by atoms with van der Waals surface area (Å²) in [7, 11) is 0. The highest BCUT2D eigenvalue weighted by Gasteiger charge is 2.19. The van der Waals surface area contributed by atoms with Crippen molar-refractivity contribution in [2.75, 3.05) is 11.9 Å². The van der Waals surface area contributed by atoms with E-state index in [0.29, 0.717) is 11.4 Å². The lowest BCUT2D eigenvalue weighted by Gasteiger charge is -2.12. The number of rotatable bonds is 4. The molecule has 1 aromatic carbocycles. The molecule has 4 nitrogen and oxygen atoms in total. The van der Waals surface area contributed by atoms with Crippen LogP contribution in [0.2, 0.25) is 0 Å². The lowest BCUT2D eigenvalue weighted by molar-refractivity contribution is -0.119. The summed E-state index contributed by atoms with van der Waals surface area (Å²) in [5.41, 5.74) is 7.38. The number of anilines is 1. The summed E-state index contributed by atoms with van der Waals surface area (Å²) in [6, 6.07) is 7.88. The zero-order valence-corrected chi connectivity index (χ0v) is 10.2. The molecule has 1 aliphatic rings. The molecule has 0 aromatic heterocycles. The maximum absolute atomic E-state index is 11.0. The van der Waals surface area contributed by atoms with Crippen LogP contribution in [0, 0.1) is 0 Å². The smallest absolute Gasteiger partial charge is 0.220 e. The molecular weight excluding hydrogens is 234 g/mol. The number of amides is 1. The maximum Gasteiger partial charge on any atom is 0.220 e. The minimum atomic E-state index is 0.139. The molecule has 2 rings (SSSR count). The Morgan fingerprint density at radius 1 is 1.47 bits per heavy atom. The van der Waals surface area contributed by atoms with Crippen LogP contribution in [-0.4, -0.2) is 23.5 Å². The van der Waals surface area contributed by atoms with Gasteiger partial charge in [0, 0.05) is 30.3 Å². The minimum Gasteiger partial charge on any atom is -0.389 e. The quantitative estimate of drug-likeness (QED) is 0.697. The van der Waals surface area contributed by atoms with E-state index in [-0.39, 0.29) is 11.9 Å². The van der Waals surface area contributed by atoms with E-state index < -0.39 is 0 Å². The fraction of sp³-hybridized carbons (Fsp3) is 0.333. The van der Waals surface area contributed by atoms with Crippen molar-refractivity contribution in [2.45, 2.75) is 18.9 Å². The summed E-state index contributed by atoms with van der Waals surface area (Å²) in [4.78, 5) is 11.4. The third-order valence-electron chi connectivity index (χ3n) is 2.81. The van der Waals surface area contributed by atoms with E-state index in [0.717, 1.165) is 24.2 Å². The van der Waals surface area contributed by atoms with Gasteiger partial charge in [-0.25, -0.2) is 0 Å². The summed E-state index contributed by atoms with van der Waals surface area (Å²) in [6.07, 6.45) is 1.53. The summed E-state index contributed by atoms with van der Waals surface area (Å²) in [5.74, 6) is 0.139. The van der Waals surface area contributed by atoms with Crippen LogP contribution in [0.1, 0.15) is 18.4 Å². The van der Waals surface area contributed by atoms with Gasteiger partial charge in [0.25, 0.3) is 0 Å². The topological polar surface area (TPSA) is 67.1 Å². The Morgan fingerprint density at radius 3 is 2.71 bits per heavy atom. The lowest BCUT2D eigenvalue weighted by atomic mass is 10.2. The van der Waals surface area contributed by atoms with E-state index in [4.69, 9.17) is 18.0 Å². The number of thiocarbonyl (C=S) groups is 1. The second kappa shape index (κ2) is 5.14. The monoisotopic (exact) mass is 249 g/mol. The van der Waals surface area contributed by atoms with Crippen LogP contribution < -0.4 is 16.4 Å². The molecule has 90 valence electrons. The van der Waals surface area contributed by atoms with Gasteiger partial charge in [-0.1, -0.05) is 12.2 Å². The maximum atomic E-state index is 11.0. The van der Waals surface area contributed by atoms with Crippen molar-refractivity contribution in [3.8, 4) is 0 Å². The van der Waals surface area contributed by atoms with E-state index in [1.807, 2.05) is 24.3 Å². The first-order valence-electron chi connectivity index (χ1n) is 5.58. The zero-order chi connectivity index (χ0) is 12.3. The number of nitrogens with one attached hydrogen (secondary N) is 2. The Bertz CT molecular complexity index is 430. The molecule has 4 N–H and O–H groups in total. The Hall–Kier alpha value is -1.62. The standard InChI is InChI=1S/C12H15N3OS/c13-12(17)8-1-3-9(4-2-8)14-7-10-5-6-11(16)15-10/h1-4,10,14H,5-7H2,(H2,13,17)(H,15,16). The van der Waals surface area contributed by atoms with Crippen molar-refractivity contribution < 1.29 is 4.79 Å². The van der Waals surface area contributed by atoms with Gasteiger partial charge >= 0.3 is 0 Å². The molecule has 1 fully saturated rings. The van der Waals surface area contributed by atoms with Crippen molar-refractivity contribution in [1.82, 2.24) is 5.32 Å². The summed E-state index contributed by atoms with van der Waals surface area (Å²) in [5, 5.41) is 6.19. The van der Waals surface area contributed by atoms with Gasteiger partial charge in [-0.05, 0) is 30.7 Å². The van der Waals surface area contributed by atoms with Gasteiger partial charge in [0.1, 0.15) is 4.99 Å². The van der Waals surface area contributed by atoms with E-state index in [9.17, 15) is 4.79 Å². The van der Waals surface area contributed by atoms with E-state index in [1.165, 1.54) is 0 Å². The van der Waals surface area contributed by atoms with Crippen molar-refractivity contribution in [2.24, 2.45) is 5.73 Å². The van der Waals surface area contributed by atoms with Crippen molar-refractivity contribution in [3.05, 3.63) is 29.8 Å². The normalized spacial score (nSPS) is 18.8. The molecule has 1 aliphatic heterocycles. The highest BCUT2D eigenvalue weighted by molar-refractivity contribution is 7.80. The first kappa shape index (κ1) is 11.9. The molecule has 0 saturated carbocycles. The molecule has 1 aromatic rings. The van der Waals surface area contributed by atoms with Crippen molar-refractivity contribution in [3.63, 3.8) is 0 Å². The average molecular weight is 249 g/mol. The Labute approximate surface area is 106 Å². The molecule has 0 spiro atoms.